The van der Waals surface area contributed by atoms with Crippen LogP contribution >= 0.6 is 0 Å². The molecule has 4 heteroatoms. The summed E-state index contributed by atoms with van der Waals surface area (Å²) in [7, 11) is 0. The second-order valence-corrected chi connectivity index (χ2v) is 7.90. The molecule has 0 radical (unpaired) electrons. The van der Waals surface area contributed by atoms with Gasteiger partial charge in [-0.1, -0.05) is 30.3 Å². The standard InChI is InChI=1S/C24H30N2O2/c27-24(23-18-22(23)19-6-2-1-3-7-19)20-8-10-21(11-9-20)28-17-5-15-26-14-4-12-25-13-16-26/h1-3,6-11,22-23,25H,4-5,12-18H2/t22-,23+/m0/s1. The molecule has 0 amide bonds. The number of hydrogen-bond donors (Lipinski definition) is 1. The van der Waals surface area contributed by atoms with Crippen molar-refractivity contribution in [3.63, 3.8) is 0 Å². The summed E-state index contributed by atoms with van der Waals surface area (Å²) in [5.74, 6) is 1.63. The molecule has 1 N–H and O–H groups in total. The lowest BCUT2D eigenvalue weighted by Crippen LogP contribution is -2.29. The first-order valence-corrected chi connectivity index (χ1v) is 10.6. The van der Waals surface area contributed by atoms with Gasteiger partial charge in [-0.25, -0.2) is 0 Å². The van der Waals surface area contributed by atoms with Gasteiger partial charge >= 0.3 is 0 Å². The van der Waals surface area contributed by atoms with E-state index in [2.05, 4.69) is 22.3 Å². The maximum atomic E-state index is 12.7. The van der Waals surface area contributed by atoms with Gasteiger partial charge in [0.25, 0.3) is 0 Å². The van der Waals surface area contributed by atoms with Crippen LogP contribution in [0.15, 0.2) is 54.6 Å². The van der Waals surface area contributed by atoms with E-state index in [1.54, 1.807) is 0 Å². The zero-order valence-corrected chi connectivity index (χ0v) is 16.5. The van der Waals surface area contributed by atoms with Gasteiger partial charge in [0, 0.05) is 31.1 Å². The van der Waals surface area contributed by atoms with Crippen LogP contribution in [0.25, 0.3) is 0 Å². The Balaban J connectivity index is 1.21. The number of hydrogen-bond acceptors (Lipinski definition) is 4. The smallest absolute Gasteiger partial charge is 0.166 e. The molecule has 1 aliphatic carbocycles. The Bertz CT molecular complexity index is 752. The summed E-state index contributed by atoms with van der Waals surface area (Å²) in [6.07, 6.45) is 3.22. The zero-order chi connectivity index (χ0) is 19.2. The van der Waals surface area contributed by atoms with Crippen molar-refractivity contribution in [3.05, 3.63) is 65.7 Å². The van der Waals surface area contributed by atoms with Gasteiger partial charge in [-0.05, 0) is 68.1 Å². The van der Waals surface area contributed by atoms with E-state index in [0.29, 0.717) is 5.92 Å². The van der Waals surface area contributed by atoms with Gasteiger partial charge in [0.1, 0.15) is 5.75 Å². The van der Waals surface area contributed by atoms with E-state index in [4.69, 9.17) is 4.74 Å². The fraction of sp³-hybridized carbons (Fsp3) is 0.458. The molecular formula is C24H30N2O2. The lowest BCUT2D eigenvalue weighted by Gasteiger charge is -2.19. The van der Waals surface area contributed by atoms with Crippen molar-refractivity contribution in [2.24, 2.45) is 5.92 Å². The third-order valence-corrected chi connectivity index (χ3v) is 5.81. The maximum Gasteiger partial charge on any atom is 0.166 e. The van der Waals surface area contributed by atoms with Crippen LogP contribution in [0, 0.1) is 5.92 Å². The molecule has 1 saturated heterocycles. The number of ether oxygens (including phenoxy) is 1. The van der Waals surface area contributed by atoms with Crippen molar-refractivity contribution in [1.29, 1.82) is 0 Å². The Kier molecular flexibility index (Phi) is 6.40. The molecule has 4 rings (SSSR count). The summed E-state index contributed by atoms with van der Waals surface area (Å²) in [6, 6.07) is 18.1. The second kappa shape index (κ2) is 9.35. The summed E-state index contributed by atoms with van der Waals surface area (Å²) < 4.78 is 5.88. The minimum atomic E-state index is 0.136. The van der Waals surface area contributed by atoms with Crippen molar-refractivity contribution < 1.29 is 9.53 Å². The Hall–Kier alpha value is -2.17. The van der Waals surface area contributed by atoms with Gasteiger partial charge in [0.05, 0.1) is 6.61 Å². The van der Waals surface area contributed by atoms with Gasteiger partial charge in [-0.15, -0.1) is 0 Å². The molecule has 1 saturated carbocycles. The van der Waals surface area contributed by atoms with Crippen LogP contribution in [0.4, 0.5) is 0 Å². The van der Waals surface area contributed by atoms with Gasteiger partial charge in [0.2, 0.25) is 0 Å². The van der Waals surface area contributed by atoms with Crippen molar-refractivity contribution in [2.75, 3.05) is 39.3 Å². The molecule has 1 aliphatic heterocycles. The van der Waals surface area contributed by atoms with Crippen LogP contribution in [0.1, 0.15) is 41.1 Å². The molecule has 2 atom stereocenters. The van der Waals surface area contributed by atoms with Crippen LogP contribution in [0.3, 0.4) is 0 Å². The molecule has 0 unspecified atom stereocenters. The lowest BCUT2D eigenvalue weighted by atomic mass is 10.0. The zero-order valence-electron chi connectivity index (χ0n) is 16.5. The van der Waals surface area contributed by atoms with Crippen LogP contribution < -0.4 is 10.1 Å². The summed E-state index contributed by atoms with van der Waals surface area (Å²) >= 11 is 0. The summed E-state index contributed by atoms with van der Waals surface area (Å²) in [5, 5.41) is 3.43. The number of carbonyl (C=O) groups excluding carboxylic acids is 1. The first kappa shape index (κ1) is 19.2. The van der Waals surface area contributed by atoms with E-state index in [1.165, 1.54) is 18.5 Å². The van der Waals surface area contributed by atoms with Gasteiger partial charge in [-0.2, -0.15) is 0 Å². The fourth-order valence-corrected chi connectivity index (χ4v) is 4.09. The van der Waals surface area contributed by atoms with E-state index in [1.807, 2.05) is 42.5 Å². The van der Waals surface area contributed by atoms with E-state index in [9.17, 15) is 4.79 Å². The molecule has 2 aromatic carbocycles. The lowest BCUT2D eigenvalue weighted by molar-refractivity contribution is 0.0965. The molecular weight excluding hydrogens is 348 g/mol. The van der Waals surface area contributed by atoms with Crippen LogP contribution in [-0.4, -0.2) is 50.0 Å². The largest absolute Gasteiger partial charge is 0.494 e. The van der Waals surface area contributed by atoms with Crippen molar-refractivity contribution in [3.8, 4) is 5.75 Å². The highest BCUT2D eigenvalue weighted by atomic mass is 16.5. The number of ketones is 1. The number of nitrogens with one attached hydrogen (secondary N) is 1. The molecule has 0 aromatic heterocycles. The number of benzene rings is 2. The van der Waals surface area contributed by atoms with Crippen LogP contribution in [-0.2, 0) is 0 Å². The maximum absolute atomic E-state index is 12.7. The number of Topliss-reactive ketones (excluding diaryl/α,β-unsaturated/α-hetero) is 1. The Morgan fingerprint density at radius 1 is 1.04 bits per heavy atom. The molecule has 0 bridgehead atoms. The molecule has 1 heterocycles. The quantitative estimate of drug-likeness (QED) is 0.561. The molecule has 0 spiro atoms. The summed E-state index contributed by atoms with van der Waals surface area (Å²) in [5.41, 5.74) is 2.08. The Labute approximate surface area is 167 Å². The number of rotatable bonds is 8. The second-order valence-electron chi connectivity index (χ2n) is 7.90. The number of nitrogens with zero attached hydrogens (tertiary/aromatic N) is 1. The van der Waals surface area contributed by atoms with E-state index in [-0.39, 0.29) is 11.7 Å². The van der Waals surface area contributed by atoms with Gasteiger partial charge in [0.15, 0.2) is 5.78 Å². The van der Waals surface area contributed by atoms with E-state index < -0.39 is 0 Å². The van der Waals surface area contributed by atoms with Crippen molar-refractivity contribution in [1.82, 2.24) is 10.2 Å². The summed E-state index contributed by atoms with van der Waals surface area (Å²) in [4.78, 5) is 15.2. The molecule has 28 heavy (non-hydrogen) atoms. The highest BCUT2D eigenvalue weighted by Crippen LogP contribution is 2.49. The topological polar surface area (TPSA) is 41.6 Å². The molecule has 2 fully saturated rings. The van der Waals surface area contributed by atoms with E-state index >= 15 is 0 Å². The Morgan fingerprint density at radius 2 is 1.86 bits per heavy atom. The molecule has 4 nitrogen and oxygen atoms in total. The molecule has 2 aromatic rings. The van der Waals surface area contributed by atoms with Crippen molar-refractivity contribution >= 4 is 5.78 Å². The average Bonchev–Trinajstić information content (AvgIpc) is 3.56. The van der Waals surface area contributed by atoms with Gasteiger partial charge in [-0.3, -0.25) is 4.79 Å². The molecule has 148 valence electrons. The third-order valence-electron chi connectivity index (χ3n) is 5.81. The third kappa shape index (κ3) is 5.00. The minimum absolute atomic E-state index is 0.136. The summed E-state index contributed by atoms with van der Waals surface area (Å²) in [6.45, 7) is 6.32. The predicted molar refractivity (Wildman–Crippen MR) is 112 cm³/mol. The van der Waals surface area contributed by atoms with Crippen LogP contribution in [0.5, 0.6) is 5.75 Å². The van der Waals surface area contributed by atoms with Crippen molar-refractivity contribution in [2.45, 2.75) is 25.2 Å². The van der Waals surface area contributed by atoms with Gasteiger partial charge < -0.3 is 15.0 Å². The first-order chi connectivity index (χ1) is 13.8. The van der Waals surface area contributed by atoms with Crippen LogP contribution in [0.2, 0.25) is 0 Å². The van der Waals surface area contributed by atoms with E-state index in [0.717, 1.165) is 56.9 Å². The first-order valence-electron chi connectivity index (χ1n) is 10.6. The fourth-order valence-electron chi connectivity index (χ4n) is 4.09. The predicted octanol–water partition coefficient (Wildman–Crippen LogP) is 3.74. The monoisotopic (exact) mass is 378 g/mol. The highest BCUT2D eigenvalue weighted by molar-refractivity contribution is 6.00. The normalized spacial score (nSPS) is 22.4. The highest BCUT2D eigenvalue weighted by Gasteiger charge is 2.43. The average molecular weight is 379 g/mol. The Morgan fingerprint density at radius 3 is 2.68 bits per heavy atom. The minimum Gasteiger partial charge on any atom is -0.494 e. The SMILES string of the molecule is O=C(c1ccc(OCCCN2CCCNCC2)cc1)[C@@H]1C[C@H]1c1ccccc1. The number of carbonyl (C=O) groups is 1. The molecule has 2 aliphatic rings.